The van der Waals surface area contributed by atoms with Gasteiger partial charge in [-0.25, -0.2) is 0 Å². The van der Waals surface area contributed by atoms with Crippen LogP contribution in [0.25, 0.3) is 0 Å². The average molecular weight is 239 g/mol. The van der Waals surface area contributed by atoms with E-state index in [1.807, 2.05) is 0 Å². The molecule has 4 heteroatoms. The second-order valence-corrected chi connectivity index (χ2v) is 5.59. The highest BCUT2D eigenvalue weighted by Gasteiger charge is 2.34. The Bertz CT molecular complexity index is 263. The first-order valence-corrected chi connectivity index (χ1v) is 6.96. The lowest BCUT2D eigenvalue weighted by atomic mass is 9.92. The molecule has 0 aromatic carbocycles. The van der Waals surface area contributed by atoms with Crippen molar-refractivity contribution in [3.05, 3.63) is 0 Å². The van der Waals surface area contributed by atoms with E-state index in [0.717, 1.165) is 13.1 Å². The van der Waals surface area contributed by atoms with Crippen molar-refractivity contribution in [1.82, 2.24) is 10.2 Å². The highest BCUT2D eigenvalue weighted by molar-refractivity contribution is 5.82. The Kier molecular flexibility index (Phi) is 4.40. The van der Waals surface area contributed by atoms with E-state index < -0.39 is 0 Å². The number of carbonyl (C=O) groups is 1. The summed E-state index contributed by atoms with van der Waals surface area (Å²) in [5.74, 6) is 0.653. The number of carbonyl (C=O) groups excluding carboxylic acids is 1. The summed E-state index contributed by atoms with van der Waals surface area (Å²) in [6.45, 7) is 4.44. The minimum Gasteiger partial charge on any atom is -0.354 e. The van der Waals surface area contributed by atoms with Crippen LogP contribution in [0.4, 0.5) is 0 Å². The third-order valence-electron chi connectivity index (χ3n) is 4.12. The van der Waals surface area contributed by atoms with Gasteiger partial charge in [-0.2, -0.15) is 0 Å². The van der Waals surface area contributed by atoms with Gasteiger partial charge in [-0.15, -0.1) is 0 Å². The minimum absolute atomic E-state index is 0.108. The molecule has 1 saturated heterocycles. The van der Waals surface area contributed by atoms with E-state index in [-0.39, 0.29) is 11.9 Å². The summed E-state index contributed by atoms with van der Waals surface area (Å²) in [5, 5.41) is 3.00. The molecule has 2 aliphatic rings. The summed E-state index contributed by atoms with van der Waals surface area (Å²) in [4.78, 5) is 14.4. The predicted molar refractivity (Wildman–Crippen MR) is 68.6 cm³/mol. The zero-order valence-electron chi connectivity index (χ0n) is 10.8. The second kappa shape index (κ2) is 5.83. The first-order chi connectivity index (χ1) is 8.22. The highest BCUT2D eigenvalue weighted by atomic mass is 16.2. The first kappa shape index (κ1) is 12.8. The molecule has 0 radical (unpaired) electrons. The zero-order valence-corrected chi connectivity index (χ0v) is 10.8. The van der Waals surface area contributed by atoms with Crippen molar-refractivity contribution in [2.45, 2.75) is 51.1 Å². The molecule has 1 aliphatic heterocycles. The van der Waals surface area contributed by atoms with Gasteiger partial charge >= 0.3 is 0 Å². The molecule has 3 N–H and O–H groups in total. The molecule has 1 heterocycles. The van der Waals surface area contributed by atoms with Crippen LogP contribution in [-0.2, 0) is 4.79 Å². The van der Waals surface area contributed by atoms with Gasteiger partial charge in [0.25, 0.3) is 0 Å². The molecule has 1 saturated carbocycles. The molecule has 1 amide bonds. The number of rotatable bonds is 2. The second-order valence-electron chi connectivity index (χ2n) is 5.59. The fraction of sp³-hybridized carbons (Fsp3) is 0.923. The number of hydrogen-bond donors (Lipinski definition) is 2. The van der Waals surface area contributed by atoms with Crippen LogP contribution >= 0.6 is 0 Å². The third kappa shape index (κ3) is 2.99. The number of nitrogens with one attached hydrogen (secondary N) is 1. The molecular weight excluding hydrogens is 214 g/mol. The van der Waals surface area contributed by atoms with Crippen molar-refractivity contribution in [2.75, 3.05) is 19.6 Å². The number of nitrogens with zero attached hydrogens (tertiary/aromatic N) is 1. The molecule has 0 aromatic heterocycles. The van der Waals surface area contributed by atoms with E-state index in [1.54, 1.807) is 0 Å². The standard InChI is InChI=1S/C13H25N3O/c1-10-8-15-13(17)12(7-14)16(9-10)11-5-3-2-4-6-11/h10-12H,2-9,14H2,1H3,(H,15,17). The van der Waals surface area contributed by atoms with Gasteiger partial charge in [-0.05, 0) is 18.8 Å². The predicted octanol–water partition coefficient (Wildman–Crippen LogP) is 0.714. The van der Waals surface area contributed by atoms with Gasteiger partial charge in [-0.1, -0.05) is 26.2 Å². The molecule has 98 valence electrons. The molecule has 17 heavy (non-hydrogen) atoms. The molecule has 2 unspecified atom stereocenters. The molecule has 2 fully saturated rings. The van der Waals surface area contributed by atoms with Gasteiger partial charge in [0.15, 0.2) is 0 Å². The average Bonchev–Trinajstić information content (AvgIpc) is 2.50. The fourth-order valence-corrected chi connectivity index (χ4v) is 3.15. The van der Waals surface area contributed by atoms with Crippen LogP contribution in [0.1, 0.15) is 39.0 Å². The number of hydrogen-bond acceptors (Lipinski definition) is 3. The van der Waals surface area contributed by atoms with Gasteiger partial charge in [0.1, 0.15) is 6.04 Å². The topological polar surface area (TPSA) is 58.4 Å². The quantitative estimate of drug-likeness (QED) is 0.746. The summed E-state index contributed by atoms with van der Waals surface area (Å²) < 4.78 is 0. The first-order valence-electron chi connectivity index (χ1n) is 6.96. The Balaban J connectivity index is 2.10. The molecule has 2 atom stereocenters. The monoisotopic (exact) mass is 239 g/mol. The van der Waals surface area contributed by atoms with Gasteiger partial charge in [0.2, 0.25) is 5.91 Å². The molecule has 0 bridgehead atoms. The van der Waals surface area contributed by atoms with Gasteiger partial charge < -0.3 is 11.1 Å². The largest absolute Gasteiger partial charge is 0.354 e. The molecule has 0 aromatic rings. The van der Waals surface area contributed by atoms with Crippen molar-refractivity contribution in [2.24, 2.45) is 11.7 Å². The SMILES string of the molecule is CC1CNC(=O)C(CN)N(C2CCCCC2)C1. The fourth-order valence-electron chi connectivity index (χ4n) is 3.15. The van der Waals surface area contributed by atoms with Gasteiger partial charge in [-0.3, -0.25) is 9.69 Å². The summed E-state index contributed by atoms with van der Waals surface area (Å²) in [7, 11) is 0. The van der Waals surface area contributed by atoms with E-state index >= 15 is 0 Å². The Labute approximate surface area is 104 Å². The third-order valence-corrected chi connectivity index (χ3v) is 4.12. The Hall–Kier alpha value is -0.610. The smallest absolute Gasteiger partial charge is 0.238 e. The number of nitrogens with two attached hydrogens (primary N) is 1. The Morgan fingerprint density at radius 1 is 1.35 bits per heavy atom. The van der Waals surface area contributed by atoms with Crippen LogP contribution in [0.3, 0.4) is 0 Å². The minimum atomic E-state index is -0.108. The van der Waals surface area contributed by atoms with E-state index in [1.165, 1.54) is 32.1 Å². The van der Waals surface area contributed by atoms with Crippen LogP contribution < -0.4 is 11.1 Å². The van der Waals surface area contributed by atoms with Crippen LogP contribution in [0.2, 0.25) is 0 Å². The van der Waals surface area contributed by atoms with Crippen molar-refractivity contribution in [3.63, 3.8) is 0 Å². The Morgan fingerprint density at radius 3 is 2.71 bits per heavy atom. The lowest BCUT2D eigenvalue weighted by molar-refractivity contribution is -0.126. The maximum Gasteiger partial charge on any atom is 0.238 e. The number of amides is 1. The van der Waals surface area contributed by atoms with Crippen molar-refractivity contribution < 1.29 is 4.79 Å². The van der Waals surface area contributed by atoms with Crippen molar-refractivity contribution in [1.29, 1.82) is 0 Å². The lowest BCUT2D eigenvalue weighted by Gasteiger charge is -2.38. The normalized spacial score (nSPS) is 33.2. The Morgan fingerprint density at radius 2 is 2.06 bits per heavy atom. The van der Waals surface area contributed by atoms with Gasteiger partial charge in [0, 0.05) is 25.7 Å². The summed E-state index contributed by atoms with van der Waals surface area (Å²) >= 11 is 0. The summed E-state index contributed by atoms with van der Waals surface area (Å²) in [5.41, 5.74) is 5.80. The van der Waals surface area contributed by atoms with Crippen molar-refractivity contribution in [3.8, 4) is 0 Å². The van der Waals surface area contributed by atoms with E-state index in [0.29, 0.717) is 18.5 Å². The maximum atomic E-state index is 12.0. The highest BCUT2D eigenvalue weighted by Crippen LogP contribution is 2.25. The molecule has 2 rings (SSSR count). The summed E-state index contributed by atoms with van der Waals surface area (Å²) in [6, 6.07) is 0.464. The molecular formula is C13H25N3O. The van der Waals surface area contributed by atoms with Crippen LogP contribution in [0.15, 0.2) is 0 Å². The van der Waals surface area contributed by atoms with E-state index in [9.17, 15) is 4.79 Å². The van der Waals surface area contributed by atoms with Crippen LogP contribution in [0.5, 0.6) is 0 Å². The zero-order chi connectivity index (χ0) is 12.3. The molecule has 4 nitrogen and oxygen atoms in total. The summed E-state index contributed by atoms with van der Waals surface area (Å²) in [6.07, 6.45) is 6.41. The van der Waals surface area contributed by atoms with Crippen LogP contribution in [-0.4, -0.2) is 42.5 Å². The lowest BCUT2D eigenvalue weighted by Crippen LogP contribution is -2.53. The molecule has 0 spiro atoms. The maximum absolute atomic E-state index is 12.0. The molecule has 1 aliphatic carbocycles. The van der Waals surface area contributed by atoms with Gasteiger partial charge in [0.05, 0.1) is 0 Å². The van der Waals surface area contributed by atoms with E-state index in [2.05, 4.69) is 17.1 Å². The van der Waals surface area contributed by atoms with E-state index in [4.69, 9.17) is 5.73 Å². The van der Waals surface area contributed by atoms with Crippen molar-refractivity contribution >= 4 is 5.91 Å². The van der Waals surface area contributed by atoms with Crippen LogP contribution in [0, 0.1) is 5.92 Å².